The van der Waals surface area contributed by atoms with Crippen LogP contribution in [0.1, 0.15) is 50.5 Å². The standard InChI is InChI=1S/C25H34N4O5/c1-27(15-18-5-4-12-28-11-3-2-6-20(18)28)23(30)10-8-19-24(31)29(25(32)26-19)14-17-7-9-21-22(13-17)34-16-33-21/h7,9,13,18-20H,2-6,8,10-12,14-16H2,1H3,(H,26,32). The molecule has 4 aliphatic rings. The molecular weight excluding hydrogens is 436 g/mol. The molecule has 0 saturated carbocycles. The Balaban J connectivity index is 1.12. The average molecular weight is 471 g/mol. The van der Waals surface area contributed by atoms with Crippen molar-refractivity contribution in [3.8, 4) is 11.5 Å². The number of imide groups is 1. The van der Waals surface area contributed by atoms with Gasteiger partial charge in [-0.3, -0.25) is 14.5 Å². The number of hydrogen-bond acceptors (Lipinski definition) is 6. The van der Waals surface area contributed by atoms with Gasteiger partial charge in [0.25, 0.3) is 5.91 Å². The van der Waals surface area contributed by atoms with E-state index in [0.717, 1.165) is 12.1 Å². The molecule has 1 aromatic rings. The molecule has 5 rings (SSSR count). The zero-order valence-electron chi connectivity index (χ0n) is 19.8. The predicted octanol–water partition coefficient (Wildman–Crippen LogP) is 2.34. The Hall–Kier alpha value is -2.81. The van der Waals surface area contributed by atoms with E-state index in [1.54, 1.807) is 12.1 Å². The summed E-state index contributed by atoms with van der Waals surface area (Å²) in [5.74, 6) is 1.54. The Morgan fingerprint density at radius 1 is 1.12 bits per heavy atom. The van der Waals surface area contributed by atoms with Crippen LogP contribution in [0.4, 0.5) is 4.79 Å². The molecule has 184 valence electrons. The van der Waals surface area contributed by atoms with E-state index in [2.05, 4.69) is 10.2 Å². The van der Waals surface area contributed by atoms with Crippen molar-refractivity contribution >= 4 is 17.8 Å². The summed E-state index contributed by atoms with van der Waals surface area (Å²) in [6.07, 6.45) is 6.72. The minimum Gasteiger partial charge on any atom is -0.454 e. The number of urea groups is 1. The third-order valence-corrected chi connectivity index (χ3v) is 7.69. The van der Waals surface area contributed by atoms with Gasteiger partial charge in [0.15, 0.2) is 11.5 Å². The van der Waals surface area contributed by atoms with Crippen molar-refractivity contribution in [3.05, 3.63) is 23.8 Å². The van der Waals surface area contributed by atoms with Gasteiger partial charge in [0.05, 0.1) is 6.54 Å². The molecule has 0 spiro atoms. The minimum atomic E-state index is -0.664. The van der Waals surface area contributed by atoms with Gasteiger partial charge in [-0.25, -0.2) is 4.79 Å². The number of carbonyl (C=O) groups is 3. The molecule has 9 nitrogen and oxygen atoms in total. The molecule has 0 aliphatic carbocycles. The molecule has 3 unspecified atom stereocenters. The van der Waals surface area contributed by atoms with Crippen molar-refractivity contribution in [2.24, 2.45) is 5.92 Å². The molecule has 34 heavy (non-hydrogen) atoms. The van der Waals surface area contributed by atoms with E-state index in [0.29, 0.717) is 29.9 Å². The highest BCUT2D eigenvalue weighted by Gasteiger charge is 2.39. The van der Waals surface area contributed by atoms with E-state index in [1.165, 1.54) is 50.1 Å². The molecule has 3 fully saturated rings. The summed E-state index contributed by atoms with van der Waals surface area (Å²) >= 11 is 0. The maximum absolute atomic E-state index is 12.9. The van der Waals surface area contributed by atoms with Crippen LogP contribution < -0.4 is 14.8 Å². The van der Waals surface area contributed by atoms with E-state index >= 15 is 0 Å². The van der Waals surface area contributed by atoms with Crippen molar-refractivity contribution < 1.29 is 23.9 Å². The summed E-state index contributed by atoms with van der Waals surface area (Å²) in [7, 11) is 1.87. The largest absolute Gasteiger partial charge is 0.454 e. The number of benzene rings is 1. The summed E-state index contributed by atoms with van der Waals surface area (Å²) in [5.41, 5.74) is 0.786. The third kappa shape index (κ3) is 4.71. The second-order valence-electron chi connectivity index (χ2n) is 9.93. The van der Waals surface area contributed by atoms with Crippen molar-refractivity contribution in [3.63, 3.8) is 0 Å². The topological polar surface area (TPSA) is 91.4 Å². The van der Waals surface area contributed by atoms with Gasteiger partial charge in [-0.1, -0.05) is 12.5 Å². The summed E-state index contributed by atoms with van der Waals surface area (Å²) in [6.45, 7) is 3.47. The molecule has 4 amide bonds. The van der Waals surface area contributed by atoms with Gasteiger partial charge in [0.1, 0.15) is 6.04 Å². The summed E-state index contributed by atoms with van der Waals surface area (Å²) in [6, 6.07) is 4.89. The smallest absolute Gasteiger partial charge is 0.325 e. The first-order chi connectivity index (χ1) is 16.5. The monoisotopic (exact) mass is 470 g/mol. The van der Waals surface area contributed by atoms with Crippen molar-refractivity contribution in [1.29, 1.82) is 0 Å². The average Bonchev–Trinajstić information content (AvgIpc) is 3.42. The van der Waals surface area contributed by atoms with Crippen molar-refractivity contribution in [2.75, 3.05) is 33.5 Å². The van der Waals surface area contributed by atoms with Crippen molar-refractivity contribution in [2.45, 2.75) is 63.6 Å². The molecule has 0 aromatic heterocycles. The van der Waals surface area contributed by atoms with Crippen LogP contribution >= 0.6 is 0 Å². The van der Waals surface area contributed by atoms with Crippen LogP contribution in [-0.4, -0.2) is 78.1 Å². The van der Waals surface area contributed by atoms with E-state index in [-0.39, 0.29) is 31.6 Å². The van der Waals surface area contributed by atoms with Gasteiger partial charge < -0.3 is 24.6 Å². The Morgan fingerprint density at radius 2 is 1.94 bits per heavy atom. The van der Waals surface area contributed by atoms with Crippen LogP contribution in [0.15, 0.2) is 18.2 Å². The predicted molar refractivity (Wildman–Crippen MR) is 124 cm³/mol. The van der Waals surface area contributed by atoms with Gasteiger partial charge in [-0.2, -0.15) is 0 Å². The summed E-state index contributed by atoms with van der Waals surface area (Å²) < 4.78 is 10.7. The molecule has 3 atom stereocenters. The molecule has 4 heterocycles. The highest BCUT2D eigenvalue weighted by atomic mass is 16.7. The molecular formula is C25H34N4O5. The van der Waals surface area contributed by atoms with Gasteiger partial charge >= 0.3 is 6.03 Å². The number of hydrogen-bond donors (Lipinski definition) is 1. The molecule has 9 heteroatoms. The van der Waals surface area contributed by atoms with E-state index < -0.39 is 12.1 Å². The lowest BCUT2D eigenvalue weighted by Crippen LogP contribution is -2.51. The molecule has 0 bridgehead atoms. The summed E-state index contributed by atoms with van der Waals surface area (Å²) in [5, 5.41) is 2.74. The highest BCUT2D eigenvalue weighted by Crippen LogP contribution is 2.33. The number of fused-ring (bicyclic) bond motifs is 2. The van der Waals surface area contributed by atoms with Gasteiger partial charge in [-0.15, -0.1) is 0 Å². The number of carbonyl (C=O) groups excluding carboxylic acids is 3. The van der Waals surface area contributed by atoms with Gasteiger partial charge in [-0.05, 0) is 68.8 Å². The Morgan fingerprint density at radius 3 is 2.82 bits per heavy atom. The fraction of sp³-hybridized carbons (Fsp3) is 0.640. The van der Waals surface area contributed by atoms with Crippen LogP contribution in [0.3, 0.4) is 0 Å². The summed E-state index contributed by atoms with van der Waals surface area (Å²) in [4.78, 5) is 43.8. The van der Waals surface area contributed by atoms with Gasteiger partial charge in [0, 0.05) is 26.1 Å². The van der Waals surface area contributed by atoms with Crippen LogP contribution in [0.5, 0.6) is 11.5 Å². The first-order valence-corrected chi connectivity index (χ1v) is 12.5. The van der Waals surface area contributed by atoms with E-state index in [9.17, 15) is 14.4 Å². The Labute approximate surface area is 200 Å². The first kappa shape index (κ1) is 23.0. The maximum Gasteiger partial charge on any atom is 0.325 e. The lowest BCUT2D eigenvalue weighted by molar-refractivity contribution is -0.132. The fourth-order valence-electron chi connectivity index (χ4n) is 5.85. The lowest BCUT2D eigenvalue weighted by atomic mass is 9.83. The number of amides is 4. The zero-order valence-corrected chi connectivity index (χ0v) is 19.8. The number of ether oxygens (including phenoxy) is 2. The van der Waals surface area contributed by atoms with Crippen LogP contribution in [0.2, 0.25) is 0 Å². The Bertz CT molecular complexity index is 951. The molecule has 3 saturated heterocycles. The van der Waals surface area contributed by atoms with Gasteiger partial charge in [0.2, 0.25) is 12.7 Å². The molecule has 1 aromatic carbocycles. The third-order valence-electron chi connectivity index (χ3n) is 7.69. The SMILES string of the molecule is CN(CC1CCCN2CCCCC12)C(=O)CCC1NC(=O)N(Cc2ccc3c(c2)OCO3)C1=O. The number of piperidine rings is 2. The van der Waals surface area contributed by atoms with E-state index in [1.807, 2.05) is 18.0 Å². The zero-order chi connectivity index (χ0) is 23.7. The second kappa shape index (κ2) is 9.82. The maximum atomic E-state index is 12.9. The molecule has 1 N–H and O–H groups in total. The van der Waals surface area contributed by atoms with Crippen LogP contribution in [0.25, 0.3) is 0 Å². The number of nitrogens with one attached hydrogen (secondary N) is 1. The molecule has 4 aliphatic heterocycles. The first-order valence-electron chi connectivity index (χ1n) is 12.5. The highest BCUT2D eigenvalue weighted by molar-refractivity contribution is 6.04. The van der Waals surface area contributed by atoms with Crippen LogP contribution in [-0.2, 0) is 16.1 Å². The Kier molecular flexibility index (Phi) is 6.63. The second-order valence-corrected chi connectivity index (χ2v) is 9.93. The quantitative estimate of drug-likeness (QED) is 0.615. The van der Waals surface area contributed by atoms with E-state index in [4.69, 9.17) is 9.47 Å². The molecule has 0 radical (unpaired) electrons. The normalized spacial score (nSPS) is 26.4. The van der Waals surface area contributed by atoms with Crippen molar-refractivity contribution in [1.82, 2.24) is 20.0 Å². The number of nitrogens with zero attached hydrogens (tertiary/aromatic N) is 3. The fourth-order valence-corrected chi connectivity index (χ4v) is 5.85. The lowest BCUT2D eigenvalue weighted by Gasteiger charge is -2.45. The number of rotatable bonds is 7. The minimum absolute atomic E-state index is 0.0317. The van der Waals surface area contributed by atoms with Crippen LogP contribution in [0, 0.1) is 5.92 Å².